The van der Waals surface area contributed by atoms with E-state index in [2.05, 4.69) is 78.6 Å². The fourth-order valence-corrected chi connectivity index (χ4v) is 5.63. The maximum absolute atomic E-state index is 11.5. The second-order valence-corrected chi connectivity index (χ2v) is 10.9. The number of hydrogen-bond donors (Lipinski definition) is 1. The van der Waals surface area contributed by atoms with E-state index in [1.807, 2.05) is 0 Å². The van der Waals surface area contributed by atoms with Gasteiger partial charge in [-0.15, -0.1) is 0 Å². The molecule has 0 bridgehead atoms. The number of hydrogen-bond acceptors (Lipinski definition) is 3. The number of nitrogens with zero attached hydrogens (tertiary/aromatic N) is 1. The van der Waals surface area contributed by atoms with Crippen molar-refractivity contribution < 1.29 is 8.42 Å². The largest absolute Gasteiger partial charge is 0.299 e. The van der Waals surface area contributed by atoms with Gasteiger partial charge in [-0.1, -0.05) is 90.0 Å². The Balaban J connectivity index is 1.34. The molecule has 5 heteroatoms. The van der Waals surface area contributed by atoms with E-state index in [1.54, 1.807) is 24.3 Å². The van der Waals surface area contributed by atoms with E-state index in [0.29, 0.717) is 0 Å². The highest BCUT2D eigenvalue weighted by Crippen LogP contribution is 2.38. The number of fused-ring (bicyclic) bond motifs is 2. The summed E-state index contributed by atoms with van der Waals surface area (Å²) in [5, 5.41) is 5.20. The summed E-state index contributed by atoms with van der Waals surface area (Å²) in [4.78, 5) is 2.64. The number of primary sulfonamides is 1. The van der Waals surface area contributed by atoms with E-state index in [4.69, 9.17) is 5.14 Å². The smallest absolute Gasteiger partial charge is 0.238 e. The molecule has 0 spiro atoms. The average Bonchev–Trinajstić information content (AvgIpc) is 3.01. The molecule has 5 rings (SSSR count). The highest BCUT2D eigenvalue weighted by Gasteiger charge is 2.22. The van der Waals surface area contributed by atoms with Crippen LogP contribution in [0.15, 0.2) is 88.8 Å². The van der Waals surface area contributed by atoms with E-state index in [-0.39, 0.29) is 4.90 Å². The molecule has 3 aromatic rings. The summed E-state index contributed by atoms with van der Waals surface area (Å²) in [6, 6.07) is 24.1. The van der Waals surface area contributed by atoms with Crippen LogP contribution in [0.4, 0.5) is 0 Å². The Bertz CT molecular complexity index is 1390. The quantitative estimate of drug-likeness (QED) is 0.399. The van der Waals surface area contributed by atoms with Gasteiger partial charge in [-0.05, 0) is 65.3 Å². The van der Waals surface area contributed by atoms with Crippen molar-refractivity contribution in [3.8, 4) is 0 Å². The van der Waals surface area contributed by atoms with Gasteiger partial charge >= 0.3 is 0 Å². The molecule has 1 aliphatic carbocycles. The van der Waals surface area contributed by atoms with E-state index >= 15 is 0 Å². The minimum absolute atomic E-state index is 0.140. The number of likely N-dealkylation sites (tertiary alicyclic amines) is 1. The van der Waals surface area contributed by atoms with E-state index in [0.717, 1.165) is 38.0 Å². The molecular weight excluding hydrogens is 452 g/mol. The summed E-state index contributed by atoms with van der Waals surface area (Å²) in [7, 11) is -3.66. The number of sulfonamides is 1. The zero-order chi connectivity index (χ0) is 24.4. The van der Waals surface area contributed by atoms with E-state index < -0.39 is 10.0 Å². The van der Waals surface area contributed by atoms with Crippen molar-refractivity contribution in [2.45, 2.75) is 24.7 Å². The van der Waals surface area contributed by atoms with E-state index in [9.17, 15) is 8.42 Å². The Morgan fingerprint density at radius 2 is 1.40 bits per heavy atom. The Morgan fingerprint density at radius 1 is 0.857 bits per heavy atom. The first-order valence-corrected chi connectivity index (χ1v) is 13.5. The zero-order valence-corrected chi connectivity index (χ0v) is 20.8. The Labute approximate surface area is 208 Å². The van der Waals surface area contributed by atoms with Crippen LogP contribution in [0, 0.1) is 0 Å². The average molecular weight is 483 g/mol. The highest BCUT2D eigenvalue weighted by molar-refractivity contribution is 7.89. The lowest BCUT2D eigenvalue weighted by Crippen LogP contribution is -2.32. The van der Waals surface area contributed by atoms with Gasteiger partial charge in [-0.2, -0.15) is 0 Å². The van der Waals surface area contributed by atoms with Crippen molar-refractivity contribution in [2.24, 2.45) is 5.14 Å². The summed E-state index contributed by atoms with van der Waals surface area (Å²) in [6.45, 7) is 5.07. The van der Waals surface area contributed by atoms with Gasteiger partial charge in [-0.3, -0.25) is 4.90 Å². The molecule has 0 unspecified atom stereocenters. The molecule has 178 valence electrons. The van der Waals surface area contributed by atoms with Gasteiger partial charge in [0.25, 0.3) is 0 Å². The molecule has 4 nitrogen and oxygen atoms in total. The normalized spacial score (nSPS) is 16.6. The van der Waals surface area contributed by atoms with Gasteiger partial charge < -0.3 is 0 Å². The number of nitrogens with two attached hydrogens (primary N) is 1. The second-order valence-electron chi connectivity index (χ2n) is 9.37. The molecule has 1 fully saturated rings. The molecule has 1 heterocycles. The summed E-state index contributed by atoms with van der Waals surface area (Å²) in [5.41, 5.74) is 10.4. The number of benzene rings is 3. The van der Waals surface area contributed by atoms with E-state index in [1.165, 1.54) is 39.0 Å². The first-order valence-electron chi connectivity index (χ1n) is 12.0. The third-order valence-electron chi connectivity index (χ3n) is 6.81. The maximum Gasteiger partial charge on any atom is 0.238 e. The first kappa shape index (κ1) is 23.5. The van der Waals surface area contributed by atoms with Gasteiger partial charge in [0.15, 0.2) is 0 Å². The first-order chi connectivity index (χ1) is 16.9. The van der Waals surface area contributed by atoms with Crippen LogP contribution in [0.3, 0.4) is 0 Å². The Kier molecular flexibility index (Phi) is 6.56. The summed E-state index contributed by atoms with van der Waals surface area (Å²) in [6.07, 6.45) is 8.69. The van der Waals surface area contributed by atoms with Crippen LogP contribution in [0.1, 0.15) is 47.6 Å². The second kappa shape index (κ2) is 9.78. The summed E-state index contributed by atoms with van der Waals surface area (Å²) >= 11 is 0. The topological polar surface area (TPSA) is 63.4 Å². The predicted octanol–water partition coefficient (Wildman–Crippen LogP) is 5.82. The van der Waals surface area contributed by atoms with Gasteiger partial charge in [0, 0.05) is 19.6 Å². The lowest BCUT2D eigenvalue weighted by Gasteiger charge is -2.30. The van der Waals surface area contributed by atoms with Crippen LogP contribution < -0.4 is 5.14 Å². The van der Waals surface area contributed by atoms with Crippen LogP contribution in [-0.4, -0.2) is 33.0 Å². The van der Waals surface area contributed by atoms with Crippen molar-refractivity contribution in [1.82, 2.24) is 4.90 Å². The molecule has 0 atom stereocenters. The van der Waals surface area contributed by atoms with Crippen molar-refractivity contribution >= 4 is 33.8 Å². The fraction of sp³-hybridized carbons (Fsp3) is 0.200. The van der Waals surface area contributed by atoms with Crippen molar-refractivity contribution in [3.05, 3.63) is 112 Å². The van der Waals surface area contributed by atoms with Crippen LogP contribution in [-0.2, 0) is 10.0 Å². The summed E-state index contributed by atoms with van der Waals surface area (Å²) < 4.78 is 22.9. The van der Waals surface area contributed by atoms with Crippen LogP contribution in [0.2, 0.25) is 0 Å². The number of rotatable bonds is 4. The molecule has 0 amide bonds. The SMILES string of the molecule is CC(=Cc1ccc(S(N)(=O)=O)cc1)CN1CCC(=C2c3ccccc3C=Cc3ccccc32)CC1. The molecule has 1 aliphatic heterocycles. The molecule has 2 aliphatic rings. The molecule has 35 heavy (non-hydrogen) atoms. The Morgan fingerprint density at radius 3 is 1.94 bits per heavy atom. The third kappa shape index (κ3) is 5.22. The predicted molar refractivity (Wildman–Crippen MR) is 145 cm³/mol. The van der Waals surface area contributed by atoms with Gasteiger partial charge in [0.1, 0.15) is 0 Å². The molecule has 1 saturated heterocycles. The maximum atomic E-state index is 11.5. The van der Waals surface area contributed by atoms with Crippen molar-refractivity contribution in [3.63, 3.8) is 0 Å². The zero-order valence-electron chi connectivity index (χ0n) is 19.9. The van der Waals surface area contributed by atoms with Crippen molar-refractivity contribution in [1.29, 1.82) is 0 Å². The lowest BCUT2D eigenvalue weighted by atomic mass is 9.86. The molecule has 2 N–H and O–H groups in total. The van der Waals surface area contributed by atoms with Crippen molar-refractivity contribution in [2.75, 3.05) is 19.6 Å². The molecular formula is C30H30N2O2S. The third-order valence-corrected chi connectivity index (χ3v) is 7.74. The standard InChI is InChI=1S/C30H30N2O2S/c1-22(20-23-10-14-27(15-11-23)35(31,33)34)21-32-18-16-26(17-19-32)30-28-8-4-2-6-24(28)12-13-25-7-3-5-9-29(25)30/h2-15,20H,16-19,21H2,1H3,(H2,31,33,34). The van der Waals surface area contributed by atoms with Crippen LogP contribution in [0.25, 0.3) is 23.8 Å². The van der Waals surface area contributed by atoms with Gasteiger partial charge in [0.05, 0.1) is 4.90 Å². The minimum Gasteiger partial charge on any atom is -0.299 e. The van der Waals surface area contributed by atoms with Crippen LogP contribution >= 0.6 is 0 Å². The lowest BCUT2D eigenvalue weighted by molar-refractivity contribution is 0.278. The van der Waals surface area contributed by atoms with Gasteiger partial charge in [0.2, 0.25) is 10.0 Å². The van der Waals surface area contributed by atoms with Gasteiger partial charge in [-0.25, -0.2) is 13.6 Å². The van der Waals surface area contributed by atoms with Crippen LogP contribution in [0.5, 0.6) is 0 Å². The summed E-state index contributed by atoms with van der Waals surface area (Å²) in [5.74, 6) is 0. The Hall–Kier alpha value is -3.25. The molecule has 3 aromatic carbocycles. The molecule has 0 radical (unpaired) electrons. The molecule has 0 aromatic heterocycles. The minimum atomic E-state index is -3.66. The monoisotopic (exact) mass is 482 g/mol. The molecule has 0 saturated carbocycles. The fourth-order valence-electron chi connectivity index (χ4n) is 5.11. The highest BCUT2D eigenvalue weighted by atomic mass is 32.2. The number of piperidine rings is 1.